The van der Waals surface area contributed by atoms with Gasteiger partial charge in [-0.3, -0.25) is 4.79 Å². The number of sulfone groups is 1. The predicted octanol–water partition coefficient (Wildman–Crippen LogP) is -0.0102. The molecule has 0 radical (unpaired) electrons. The van der Waals surface area contributed by atoms with E-state index in [1.165, 1.54) is 0 Å². The van der Waals surface area contributed by atoms with Crippen molar-refractivity contribution in [2.45, 2.75) is 19.8 Å². The summed E-state index contributed by atoms with van der Waals surface area (Å²) >= 11 is 0. The average molecular weight is 219 g/mol. The molecule has 1 N–H and O–H groups in total. The number of hydrogen-bond acceptors (Lipinski definition) is 4. The molecule has 0 unspecified atom stereocenters. The Kier molecular flexibility index (Phi) is 4.07. The third-order valence-electron chi connectivity index (χ3n) is 2.56. The Morgan fingerprint density at radius 1 is 1.43 bits per heavy atom. The van der Waals surface area contributed by atoms with Crippen molar-refractivity contribution in [3.63, 3.8) is 0 Å². The van der Waals surface area contributed by atoms with E-state index in [9.17, 15) is 13.2 Å². The van der Waals surface area contributed by atoms with Crippen molar-refractivity contribution in [2.75, 3.05) is 24.6 Å². The first-order valence-corrected chi connectivity index (χ1v) is 6.81. The van der Waals surface area contributed by atoms with Crippen molar-refractivity contribution in [2.24, 2.45) is 5.92 Å². The summed E-state index contributed by atoms with van der Waals surface area (Å²) in [6, 6.07) is 0. The maximum absolute atomic E-state index is 11.4. The van der Waals surface area contributed by atoms with Gasteiger partial charge in [0.25, 0.3) is 0 Å². The molecule has 1 aliphatic rings. The molecule has 1 rings (SSSR count). The fourth-order valence-corrected chi connectivity index (χ4v) is 2.20. The molecule has 0 amide bonds. The van der Waals surface area contributed by atoms with Gasteiger partial charge in [-0.25, -0.2) is 8.42 Å². The van der Waals surface area contributed by atoms with Gasteiger partial charge in [0.2, 0.25) is 0 Å². The van der Waals surface area contributed by atoms with E-state index in [-0.39, 0.29) is 23.2 Å². The highest BCUT2D eigenvalue weighted by molar-refractivity contribution is 7.91. The molecule has 0 aliphatic carbocycles. The van der Waals surface area contributed by atoms with Gasteiger partial charge in [0, 0.05) is 31.2 Å². The fraction of sp³-hybridized carbons (Fsp3) is 0.889. The van der Waals surface area contributed by atoms with Crippen molar-refractivity contribution in [3.05, 3.63) is 0 Å². The molecule has 4 nitrogen and oxygen atoms in total. The zero-order chi connectivity index (χ0) is 10.6. The van der Waals surface area contributed by atoms with Gasteiger partial charge in [0.15, 0.2) is 0 Å². The van der Waals surface area contributed by atoms with Crippen LogP contribution in [0.5, 0.6) is 0 Å². The molecule has 5 heteroatoms. The molecule has 1 heterocycles. The van der Waals surface area contributed by atoms with Crippen LogP contribution < -0.4 is 5.32 Å². The van der Waals surface area contributed by atoms with E-state index in [2.05, 4.69) is 5.32 Å². The third kappa shape index (κ3) is 3.38. The standard InChI is InChI=1S/C9H17NO3S/c1-2-14(12,13)5-3-4-9(11)8-6-10-7-8/h8,10H,2-7H2,1H3. The fourth-order valence-electron chi connectivity index (χ4n) is 1.33. The zero-order valence-corrected chi connectivity index (χ0v) is 9.27. The van der Waals surface area contributed by atoms with Crippen LogP contribution in [0.3, 0.4) is 0 Å². The van der Waals surface area contributed by atoms with Gasteiger partial charge in [-0.15, -0.1) is 0 Å². The highest BCUT2D eigenvalue weighted by Crippen LogP contribution is 2.09. The second kappa shape index (κ2) is 4.89. The lowest BCUT2D eigenvalue weighted by molar-refractivity contribution is -0.124. The van der Waals surface area contributed by atoms with E-state index in [4.69, 9.17) is 0 Å². The molecule has 82 valence electrons. The van der Waals surface area contributed by atoms with E-state index in [1.807, 2.05) is 0 Å². The maximum atomic E-state index is 11.4. The molecule has 0 aromatic rings. The Hall–Kier alpha value is -0.420. The van der Waals surface area contributed by atoms with Gasteiger partial charge < -0.3 is 5.32 Å². The molecule has 1 fully saturated rings. The number of Topliss-reactive ketones (excluding diaryl/α,β-unsaturated/α-hetero) is 1. The first-order chi connectivity index (χ1) is 6.55. The Balaban J connectivity index is 2.17. The van der Waals surface area contributed by atoms with E-state index in [0.29, 0.717) is 12.8 Å². The van der Waals surface area contributed by atoms with Crippen molar-refractivity contribution in [1.29, 1.82) is 0 Å². The van der Waals surface area contributed by atoms with Gasteiger partial charge in [-0.1, -0.05) is 6.92 Å². The molecular formula is C9H17NO3S. The minimum absolute atomic E-state index is 0.138. The van der Waals surface area contributed by atoms with Crippen LogP contribution >= 0.6 is 0 Å². The molecule has 14 heavy (non-hydrogen) atoms. The number of nitrogens with one attached hydrogen (secondary N) is 1. The second-order valence-electron chi connectivity index (χ2n) is 3.66. The topological polar surface area (TPSA) is 63.2 Å². The van der Waals surface area contributed by atoms with E-state index in [0.717, 1.165) is 13.1 Å². The minimum Gasteiger partial charge on any atom is -0.315 e. The Morgan fingerprint density at radius 2 is 2.07 bits per heavy atom. The van der Waals surface area contributed by atoms with Crippen LogP contribution in [-0.4, -0.2) is 38.8 Å². The lowest BCUT2D eigenvalue weighted by Gasteiger charge is -2.25. The number of carbonyl (C=O) groups is 1. The molecule has 0 aromatic heterocycles. The van der Waals surface area contributed by atoms with Crippen molar-refractivity contribution >= 4 is 15.6 Å². The summed E-state index contributed by atoms with van der Waals surface area (Å²) in [5.74, 6) is 0.663. The first kappa shape index (κ1) is 11.7. The summed E-state index contributed by atoms with van der Waals surface area (Å²) < 4.78 is 22.2. The maximum Gasteiger partial charge on any atom is 0.150 e. The smallest absolute Gasteiger partial charge is 0.150 e. The molecular weight excluding hydrogens is 202 g/mol. The third-order valence-corrected chi connectivity index (χ3v) is 4.35. The average Bonchev–Trinajstić information content (AvgIpc) is 2.01. The molecule has 0 bridgehead atoms. The van der Waals surface area contributed by atoms with Crippen LogP contribution in [0, 0.1) is 5.92 Å². The minimum atomic E-state index is -2.90. The summed E-state index contributed by atoms with van der Waals surface area (Å²) in [5.41, 5.74) is 0. The van der Waals surface area contributed by atoms with Crippen LogP contribution in [0.2, 0.25) is 0 Å². The summed E-state index contributed by atoms with van der Waals surface area (Å²) in [5, 5.41) is 3.02. The van der Waals surface area contributed by atoms with Crippen molar-refractivity contribution in [1.82, 2.24) is 5.32 Å². The zero-order valence-electron chi connectivity index (χ0n) is 8.45. The molecule has 1 aliphatic heterocycles. The number of rotatable bonds is 6. The second-order valence-corrected chi connectivity index (χ2v) is 6.13. The molecule has 0 aromatic carbocycles. The molecule has 0 saturated carbocycles. The highest BCUT2D eigenvalue weighted by atomic mass is 32.2. The van der Waals surface area contributed by atoms with Crippen LogP contribution in [0.15, 0.2) is 0 Å². The van der Waals surface area contributed by atoms with Gasteiger partial charge in [0.05, 0.1) is 5.75 Å². The quantitative estimate of drug-likeness (QED) is 0.682. The Bertz CT molecular complexity index is 293. The summed E-state index contributed by atoms with van der Waals surface area (Å²) in [6.07, 6.45) is 0.886. The summed E-state index contributed by atoms with van der Waals surface area (Å²) in [6.45, 7) is 3.16. The number of ketones is 1. The van der Waals surface area contributed by atoms with Crippen LogP contribution in [0.4, 0.5) is 0 Å². The normalized spacial score (nSPS) is 17.8. The van der Waals surface area contributed by atoms with Gasteiger partial charge in [0.1, 0.15) is 15.6 Å². The number of hydrogen-bond donors (Lipinski definition) is 1. The summed E-state index contributed by atoms with van der Waals surface area (Å²) in [4.78, 5) is 11.4. The van der Waals surface area contributed by atoms with Crippen molar-refractivity contribution in [3.8, 4) is 0 Å². The molecule has 0 atom stereocenters. The van der Waals surface area contributed by atoms with Gasteiger partial charge in [-0.2, -0.15) is 0 Å². The Morgan fingerprint density at radius 3 is 2.50 bits per heavy atom. The van der Waals surface area contributed by atoms with E-state index >= 15 is 0 Å². The van der Waals surface area contributed by atoms with Crippen LogP contribution in [-0.2, 0) is 14.6 Å². The first-order valence-electron chi connectivity index (χ1n) is 4.99. The summed E-state index contributed by atoms with van der Waals surface area (Å²) in [7, 11) is -2.90. The van der Waals surface area contributed by atoms with Crippen LogP contribution in [0.1, 0.15) is 19.8 Å². The lowest BCUT2D eigenvalue weighted by atomic mass is 9.95. The lowest BCUT2D eigenvalue weighted by Crippen LogP contribution is -2.46. The monoisotopic (exact) mass is 219 g/mol. The largest absolute Gasteiger partial charge is 0.315 e. The predicted molar refractivity (Wildman–Crippen MR) is 54.9 cm³/mol. The van der Waals surface area contributed by atoms with Gasteiger partial charge >= 0.3 is 0 Å². The SMILES string of the molecule is CCS(=O)(=O)CCCC(=O)C1CNC1. The molecule has 1 saturated heterocycles. The molecule has 0 spiro atoms. The Labute approximate surface area is 85.0 Å². The number of carbonyl (C=O) groups excluding carboxylic acids is 1. The van der Waals surface area contributed by atoms with Gasteiger partial charge in [-0.05, 0) is 6.42 Å². The van der Waals surface area contributed by atoms with Crippen molar-refractivity contribution < 1.29 is 13.2 Å². The van der Waals surface area contributed by atoms with Crippen LogP contribution in [0.25, 0.3) is 0 Å². The highest BCUT2D eigenvalue weighted by Gasteiger charge is 2.24. The van der Waals surface area contributed by atoms with E-state index in [1.54, 1.807) is 6.92 Å². The van der Waals surface area contributed by atoms with E-state index < -0.39 is 9.84 Å².